The Kier molecular flexibility index (Phi) is 3.21. The van der Waals surface area contributed by atoms with Crippen LogP contribution in [0.5, 0.6) is 0 Å². The van der Waals surface area contributed by atoms with Crippen LogP contribution in [0.1, 0.15) is 25.7 Å². The predicted octanol–water partition coefficient (Wildman–Crippen LogP) is 1.66. The molecular weight excluding hydrogens is 231 g/mol. The van der Waals surface area contributed by atoms with Gasteiger partial charge in [-0.05, 0) is 12.8 Å². The Labute approximate surface area is 69.3 Å². The van der Waals surface area contributed by atoms with Crippen LogP contribution >= 0.6 is 23.0 Å². The van der Waals surface area contributed by atoms with Crippen LogP contribution in [0.3, 0.4) is 0 Å². The van der Waals surface area contributed by atoms with Crippen molar-refractivity contribution in [3.63, 3.8) is 0 Å². The molecule has 1 N–H and O–H groups in total. The van der Waals surface area contributed by atoms with Crippen LogP contribution in [0.15, 0.2) is 0 Å². The maximum atomic E-state index is 9.24. The molecule has 1 saturated carbocycles. The Bertz CT molecular complexity index is 87.1. The zero-order valence-corrected chi connectivity index (χ0v) is 7.37. The van der Waals surface area contributed by atoms with Gasteiger partial charge in [-0.15, -0.1) is 0 Å². The van der Waals surface area contributed by atoms with Crippen molar-refractivity contribution in [3.05, 3.63) is 0 Å². The Hall–Kier alpha value is 0.650. The summed E-state index contributed by atoms with van der Waals surface area (Å²) in [5.41, 5.74) is 0. The quantitative estimate of drug-likeness (QED) is 0.708. The summed E-state index contributed by atoms with van der Waals surface area (Å²) in [5, 5.41) is 9.24. The minimum absolute atomic E-state index is 0.0966. The van der Waals surface area contributed by atoms with Crippen LogP contribution in [0.2, 0.25) is 0 Å². The summed E-state index contributed by atoms with van der Waals surface area (Å²) < 4.78 is 5.02. The van der Waals surface area contributed by atoms with Gasteiger partial charge in [-0.3, -0.25) is 0 Å². The molecule has 2 atom stereocenters. The summed E-state index contributed by atoms with van der Waals surface area (Å²) in [5.74, 6) is 0. The highest BCUT2D eigenvalue weighted by Crippen LogP contribution is 2.22. The summed E-state index contributed by atoms with van der Waals surface area (Å²) in [4.78, 5) is 0. The van der Waals surface area contributed by atoms with E-state index in [2.05, 4.69) is 0 Å². The summed E-state index contributed by atoms with van der Waals surface area (Å²) in [6, 6.07) is 0. The molecule has 0 heterocycles. The van der Waals surface area contributed by atoms with Crippen LogP contribution in [-0.2, 0) is 3.07 Å². The molecule has 0 amide bonds. The van der Waals surface area contributed by atoms with Crippen molar-refractivity contribution in [1.29, 1.82) is 0 Å². The summed E-state index contributed by atoms with van der Waals surface area (Å²) in [6.07, 6.45) is 4.16. The van der Waals surface area contributed by atoms with Gasteiger partial charge in [-0.1, -0.05) is 12.8 Å². The highest BCUT2D eigenvalue weighted by molar-refractivity contribution is 14.1. The monoisotopic (exact) mass is 242 g/mol. The lowest BCUT2D eigenvalue weighted by Gasteiger charge is -2.24. The third kappa shape index (κ3) is 2.05. The lowest BCUT2D eigenvalue weighted by molar-refractivity contribution is 0.0302. The van der Waals surface area contributed by atoms with Crippen molar-refractivity contribution >= 4 is 23.0 Å². The fourth-order valence-corrected chi connectivity index (χ4v) is 1.77. The van der Waals surface area contributed by atoms with Crippen LogP contribution in [-0.4, -0.2) is 17.3 Å². The smallest absolute Gasteiger partial charge is 0.110 e. The average molecular weight is 242 g/mol. The average Bonchev–Trinajstić information content (AvgIpc) is 1.89. The van der Waals surface area contributed by atoms with E-state index in [1.165, 1.54) is 6.42 Å². The van der Waals surface area contributed by atoms with E-state index < -0.39 is 0 Å². The van der Waals surface area contributed by atoms with Gasteiger partial charge in [0.25, 0.3) is 0 Å². The molecule has 0 aromatic heterocycles. The fraction of sp³-hybridized carbons (Fsp3) is 1.00. The van der Waals surface area contributed by atoms with Crippen molar-refractivity contribution in [1.82, 2.24) is 0 Å². The van der Waals surface area contributed by atoms with E-state index in [1.54, 1.807) is 0 Å². The van der Waals surface area contributed by atoms with Gasteiger partial charge in [0.1, 0.15) is 23.0 Å². The van der Waals surface area contributed by atoms with Crippen molar-refractivity contribution in [2.24, 2.45) is 0 Å². The zero-order valence-electron chi connectivity index (χ0n) is 5.22. The zero-order chi connectivity index (χ0) is 6.69. The SMILES string of the molecule is O[C@@H]1CCCC[C@@H]1OI. The minimum Gasteiger partial charge on any atom is -0.390 e. The summed E-state index contributed by atoms with van der Waals surface area (Å²) in [6.45, 7) is 0. The molecule has 0 aliphatic heterocycles. The number of aliphatic hydroxyl groups is 1. The first-order valence-electron chi connectivity index (χ1n) is 3.30. The third-order valence-electron chi connectivity index (χ3n) is 1.78. The minimum atomic E-state index is -0.212. The van der Waals surface area contributed by atoms with Gasteiger partial charge in [0.05, 0.1) is 12.2 Å². The van der Waals surface area contributed by atoms with E-state index >= 15 is 0 Å². The first kappa shape index (κ1) is 7.75. The standard InChI is InChI=1S/C6H11IO2/c7-9-6-4-2-1-3-5(6)8/h5-6,8H,1-4H2/t5-,6+/m1/s1. The van der Waals surface area contributed by atoms with Gasteiger partial charge < -0.3 is 8.17 Å². The first-order chi connectivity index (χ1) is 4.34. The van der Waals surface area contributed by atoms with Crippen molar-refractivity contribution in [2.75, 3.05) is 0 Å². The van der Waals surface area contributed by atoms with E-state index in [4.69, 9.17) is 3.07 Å². The maximum absolute atomic E-state index is 9.24. The highest BCUT2D eigenvalue weighted by atomic mass is 127. The molecule has 1 rings (SSSR count). The summed E-state index contributed by atoms with van der Waals surface area (Å²) in [7, 11) is 0. The molecule has 0 spiro atoms. The second kappa shape index (κ2) is 3.73. The lowest BCUT2D eigenvalue weighted by atomic mass is 9.95. The Morgan fingerprint density at radius 1 is 1.33 bits per heavy atom. The Morgan fingerprint density at radius 3 is 2.44 bits per heavy atom. The molecule has 0 bridgehead atoms. The van der Waals surface area contributed by atoms with Crippen LogP contribution in [0.25, 0.3) is 0 Å². The number of halogens is 1. The van der Waals surface area contributed by atoms with Crippen molar-refractivity contribution in [2.45, 2.75) is 37.9 Å². The molecule has 0 aromatic carbocycles. The Morgan fingerprint density at radius 2 is 2.00 bits per heavy atom. The summed E-state index contributed by atoms with van der Waals surface area (Å²) >= 11 is 1.86. The van der Waals surface area contributed by atoms with Crippen LogP contribution in [0, 0.1) is 0 Å². The third-order valence-corrected chi connectivity index (χ3v) is 2.44. The second-order valence-electron chi connectivity index (χ2n) is 2.48. The lowest BCUT2D eigenvalue weighted by Crippen LogP contribution is -2.29. The fourth-order valence-electron chi connectivity index (χ4n) is 1.18. The topological polar surface area (TPSA) is 29.5 Å². The highest BCUT2D eigenvalue weighted by Gasteiger charge is 2.22. The van der Waals surface area contributed by atoms with Gasteiger partial charge in [0, 0.05) is 0 Å². The first-order valence-corrected chi connectivity index (χ1v) is 4.18. The molecule has 1 aliphatic rings. The van der Waals surface area contributed by atoms with Crippen molar-refractivity contribution in [3.8, 4) is 0 Å². The van der Waals surface area contributed by atoms with Crippen molar-refractivity contribution < 1.29 is 8.17 Å². The normalized spacial score (nSPS) is 36.7. The number of aliphatic hydroxyl groups excluding tert-OH is 1. The molecule has 0 radical (unpaired) electrons. The van der Waals surface area contributed by atoms with Crippen LogP contribution in [0.4, 0.5) is 0 Å². The molecule has 2 nitrogen and oxygen atoms in total. The van der Waals surface area contributed by atoms with Gasteiger partial charge in [-0.2, -0.15) is 0 Å². The largest absolute Gasteiger partial charge is 0.390 e. The molecule has 3 heteroatoms. The van der Waals surface area contributed by atoms with E-state index in [9.17, 15) is 5.11 Å². The van der Waals surface area contributed by atoms with Gasteiger partial charge in [-0.25, -0.2) is 0 Å². The molecule has 1 aliphatic carbocycles. The van der Waals surface area contributed by atoms with Gasteiger partial charge in [0.15, 0.2) is 0 Å². The van der Waals surface area contributed by atoms with E-state index in [0.29, 0.717) is 0 Å². The second-order valence-corrected chi connectivity index (χ2v) is 2.99. The predicted molar refractivity (Wildman–Crippen MR) is 43.4 cm³/mol. The Balaban J connectivity index is 2.30. The molecule has 1 fully saturated rings. The molecule has 0 saturated heterocycles. The number of hydrogen-bond donors (Lipinski definition) is 1. The van der Waals surface area contributed by atoms with Gasteiger partial charge in [0.2, 0.25) is 0 Å². The molecular formula is C6H11IO2. The van der Waals surface area contributed by atoms with Crippen LogP contribution < -0.4 is 0 Å². The molecule has 54 valence electrons. The maximum Gasteiger partial charge on any atom is 0.110 e. The molecule has 9 heavy (non-hydrogen) atoms. The number of hydrogen-bond acceptors (Lipinski definition) is 2. The molecule has 0 aromatic rings. The molecule has 0 unspecified atom stereocenters. The van der Waals surface area contributed by atoms with E-state index in [0.717, 1.165) is 19.3 Å². The van der Waals surface area contributed by atoms with E-state index in [1.807, 2.05) is 23.0 Å². The van der Waals surface area contributed by atoms with E-state index in [-0.39, 0.29) is 12.2 Å². The number of rotatable bonds is 1. The van der Waals surface area contributed by atoms with Gasteiger partial charge >= 0.3 is 0 Å².